The van der Waals surface area contributed by atoms with Crippen LogP contribution in [0.5, 0.6) is 0 Å². The van der Waals surface area contributed by atoms with E-state index in [1.807, 2.05) is 13.8 Å². The van der Waals surface area contributed by atoms with Crippen LogP contribution < -0.4 is 0 Å². The summed E-state index contributed by atoms with van der Waals surface area (Å²) in [5, 5.41) is 7.18. The lowest BCUT2D eigenvalue weighted by Gasteiger charge is -2.11. The van der Waals surface area contributed by atoms with Crippen molar-refractivity contribution in [1.82, 2.24) is 19.6 Å². The van der Waals surface area contributed by atoms with Gasteiger partial charge in [0.25, 0.3) is 0 Å². The number of halogens is 5. The lowest BCUT2D eigenvalue weighted by atomic mass is 10.0. The highest BCUT2D eigenvalue weighted by atomic mass is 19.4. The second-order valence-corrected chi connectivity index (χ2v) is 6.44. The molecule has 0 spiro atoms. The first-order chi connectivity index (χ1) is 11.2. The summed E-state index contributed by atoms with van der Waals surface area (Å²) in [6.45, 7) is 8.13. The van der Waals surface area contributed by atoms with Crippen LogP contribution in [0.15, 0.2) is 18.6 Å². The predicted molar refractivity (Wildman–Crippen MR) is 84.5 cm³/mol. The molecule has 2 aromatic heterocycles. The summed E-state index contributed by atoms with van der Waals surface area (Å²) >= 11 is 0. The van der Waals surface area contributed by atoms with Crippen molar-refractivity contribution in [2.75, 3.05) is 0 Å². The molecule has 0 N–H and O–H groups in total. The Balaban J connectivity index is 0.000000251. The van der Waals surface area contributed by atoms with Crippen molar-refractivity contribution in [3.63, 3.8) is 0 Å². The van der Waals surface area contributed by atoms with E-state index < -0.39 is 17.9 Å². The van der Waals surface area contributed by atoms with E-state index in [2.05, 4.69) is 10.2 Å². The maximum atomic E-state index is 12.6. The molecule has 0 saturated carbocycles. The van der Waals surface area contributed by atoms with Crippen LogP contribution in [0.4, 0.5) is 22.0 Å². The first-order valence-electron chi connectivity index (χ1n) is 7.77. The summed E-state index contributed by atoms with van der Waals surface area (Å²) in [6.07, 6.45) is -0.189. The third kappa shape index (κ3) is 5.54. The van der Waals surface area contributed by atoms with E-state index in [4.69, 9.17) is 0 Å². The van der Waals surface area contributed by atoms with Gasteiger partial charge >= 0.3 is 12.2 Å². The highest BCUT2D eigenvalue weighted by Crippen LogP contribution is 2.34. The molecule has 0 amide bonds. The van der Waals surface area contributed by atoms with Gasteiger partial charge in [-0.3, -0.25) is 4.68 Å². The van der Waals surface area contributed by atoms with Gasteiger partial charge in [-0.25, -0.2) is 4.68 Å². The zero-order valence-electron chi connectivity index (χ0n) is 15.1. The molecule has 0 atom stereocenters. The molecule has 0 saturated heterocycles. The summed E-state index contributed by atoms with van der Waals surface area (Å²) in [5.41, 5.74) is 0.425. The van der Waals surface area contributed by atoms with Gasteiger partial charge in [0.1, 0.15) is 5.69 Å². The molecule has 0 bridgehead atoms. The number of hydrogen-bond acceptors (Lipinski definition) is 2. The van der Waals surface area contributed by atoms with E-state index in [0.717, 1.165) is 17.2 Å². The quantitative estimate of drug-likeness (QED) is 0.705. The summed E-state index contributed by atoms with van der Waals surface area (Å²) in [6, 6.07) is -2.90. The van der Waals surface area contributed by atoms with Crippen molar-refractivity contribution in [2.24, 2.45) is 7.05 Å². The third-order valence-corrected chi connectivity index (χ3v) is 3.53. The third-order valence-electron chi connectivity index (χ3n) is 3.53. The highest BCUT2D eigenvalue weighted by Gasteiger charge is 2.37. The number of rotatable bonds is 3. The fraction of sp³-hybridized carbons (Fsp3) is 0.625. The second kappa shape index (κ2) is 7.53. The van der Waals surface area contributed by atoms with Gasteiger partial charge in [0.2, 0.25) is 0 Å². The number of hydrogen-bond donors (Lipinski definition) is 0. The van der Waals surface area contributed by atoms with E-state index in [1.165, 1.54) is 25.6 Å². The molecule has 25 heavy (non-hydrogen) atoms. The summed E-state index contributed by atoms with van der Waals surface area (Å²) < 4.78 is 64.1. The van der Waals surface area contributed by atoms with E-state index in [1.54, 1.807) is 13.8 Å². The number of aromatic nitrogens is 4. The minimum Gasteiger partial charge on any atom is -0.263 e. The largest absolute Gasteiger partial charge is 0.433 e. The summed E-state index contributed by atoms with van der Waals surface area (Å²) in [4.78, 5) is 0. The maximum Gasteiger partial charge on any atom is 0.433 e. The molecule has 0 aliphatic carbocycles. The number of alkyl halides is 5. The average Bonchev–Trinajstić information content (AvgIpc) is 3.03. The first kappa shape index (κ1) is 21.1. The molecular weight excluding hydrogens is 343 g/mol. The molecular formula is C16H23F5N4. The van der Waals surface area contributed by atoms with Crippen LogP contribution in [-0.2, 0) is 19.3 Å². The van der Waals surface area contributed by atoms with Crippen LogP contribution in [0, 0.1) is 0 Å². The molecule has 2 aromatic rings. The lowest BCUT2D eigenvalue weighted by molar-refractivity contribution is -0.144. The molecule has 0 aliphatic rings. The highest BCUT2D eigenvalue weighted by molar-refractivity contribution is 5.23. The van der Waals surface area contributed by atoms with E-state index in [-0.39, 0.29) is 17.4 Å². The number of nitrogens with zero attached hydrogens (tertiary/aromatic N) is 4. The van der Waals surface area contributed by atoms with Crippen LogP contribution in [-0.4, -0.2) is 19.6 Å². The van der Waals surface area contributed by atoms with E-state index in [0.29, 0.717) is 4.68 Å². The topological polar surface area (TPSA) is 35.6 Å². The van der Waals surface area contributed by atoms with Gasteiger partial charge in [0, 0.05) is 25.7 Å². The minimum absolute atomic E-state index is 0.162. The smallest absolute Gasteiger partial charge is 0.263 e. The van der Waals surface area contributed by atoms with Gasteiger partial charge in [-0.15, -0.1) is 0 Å². The summed E-state index contributed by atoms with van der Waals surface area (Å²) in [7, 11) is 1.30. The van der Waals surface area contributed by atoms with Crippen molar-refractivity contribution in [3.05, 3.63) is 35.4 Å². The Bertz CT molecular complexity index is 677. The Morgan fingerprint density at radius 1 is 0.920 bits per heavy atom. The molecule has 0 unspecified atom stereocenters. The Hall–Kier alpha value is -1.93. The fourth-order valence-electron chi connectivity index (χ4n) is 2.07. The van der Waals surface area contributed by atoms with Crippen molar-refractivity contribution in [2.45, 2.75) is 58.7 Å². The fourth-order valence-corrected chi connectivity index (χ4v) is 2.07. The van der Waals surface area contributed by atoms with Crippen molar-refractivity contribution in [3.8, 4) is 0 Å². The van der Waals surface area contributed by atoms with Crippen molar-refractivity contribution in [1.29, 1.82) is 0 Å². The molecule has 0 aliphatic heterocycles. The molecule has 9 heteroatoms. The molecule has 0 aromatic carbocycles. The maximum absolute atomic E-state index is 12.6. The van der Waals surface area contributed by atoms with E-state index in [9.17, 15) is 22.0 Å². The Kier molecular flexibility index (Phi) is 6.36. The van der Waals surface area contributed by atoms with Gasteiger partial charge in [0.05, 0.1) is 12.4 Å². The van der Waals surface area contributed by atoms with Crippen LogP contribution in [0.3, 0.4) is 0 Å². The van der Waals surface area contributed by atoms with Crippen LogP contribution >= 0.6 is 0 Å². The zero-order valence-corrected chi connectivity index (χ0v) is 15.1. The minimum atomic E-state index is -4.31. The normalized spacial score (nSPS) is 12.5. The van der Waals surface area contributed by atoms with Gasteiger partial charge in [-0.1, -0.05) is 27.7 Å². The van der Waals surface area contributed by atoms with Crippen LogP contribution in [0.1, 0.15) is 63.3 Å². The first-order valence-corrected chi connectivity index (χ1v) is 7.77. The van der Waals surface area contributed by atoms with Gasteiger partial charge in [-0.2, -0.15) is 32.1 Å². The second-order valence-electron chi connectivity index (χ2n) is 6.44. The van der Waals surface area contributed by atoms with Crippen LogP contribution in [0.2, 0.25) is 0 Å². The van der Waals surface area contributed by atoms with Crippen LogP contribution in [0.25, 0.3) is 0 Å². The molecule has 0 fully saturated rings. The molecule has 2 rings (SSSR count). The summed E-state index contributed by atoms with van der Waals surface area (Å²) in [5.74, 6) is 0.0754. The standard InChI is InChI=1S/C8H11F3N2.C8H12F2N2/c1-5(2)6-4-12-13(3)7(6)8(9,10)11;1-6(2)7-4-11-12(5-7)8(3,9)10/h4-5H,1-3H3;4-6H,1-3H3. The Morgan fingerprint density at radius 2 is 1.48 bits per heavy atom. The molecule has 4 nitrogen and oxygen atoms in total. The predicted octanol–water partition coefficient (Wildman–Crippen LogP) is 5.14. The lowest BCUT2D eigenvalue weighted by Crippen LogP contribution is -2.18. The molecule has 2 heterocycles. The molecule has 0 radical (unpaired) electrons. The Labute approximate surface area is 143 Å². The van der Waals surface area contributed by atoms with Gasteiger partial charge in [-0.05, 0) is 17.4 Å². The van der Waals surface area contributed by atoms with Gasteiger partial charge in [0.15, 0.2) is 0 Å². The van der Waals surface area contributed by atoms with Crippen molar-refractivity contribution < 1.29 is 22.0 Å². The molecule has 142 valence electrons. The van der Waals surface area contributed by atoms with Crippen molar-refractivity contribution >= 4 is 0 Å². The Morgan fingerprint density at radius 3 is 1.76 bits per heavy atom. The zero-order chi connectivity index (χ0) is 19.6. The average molecular weight is 366 g/mol. The number of aryl methyl sites for hydroxylation is 1. The van der Waals surface area contributed by atoms with Gasteiger partial charge < -0.3 is 0 Å². The van der Waals surface area contributed by atoms with E-state index >= 15 is 0 Å². The monoisotopic (exact) mass is 366 g/mol. The SMILES string of the molecule is CC(C)c1cnn(C(C)(F)F)c1.CC(C)c1cnn(C)c1C(F)(F)F.